The molecule has 4 atom stereocenters. The highest BCUT2D eigenvalue weighted by Crippen LogP contribution is 2.33. The molecule has 1 nitrogen and oxygen atoms in total. The maximum Gasteiger partial charge on any atom is 0.0203 e. The first-order valence-electron chi connectivity index (χ1n) is 8.30. The van der Waals surface area contributed by atoms with E-state index in [1.54, 1.807) is 0 Å². The second kappa shape index (κ2) is 9.90. The Morgan fingerprint density at radius 1 is 0.950 bits per heavy atom. The van der Waals surface area contributed by atoms with Crippen LogP contribution in [0, 0.1) is 48.4 Å². The van der Waals surface area contributed by atoms with Gasteiger partial charge in [0.1, 0.15) is 0 Å². The lowest BCUT2D eigenvalue weighted by Gasteiger charge is -2.06. The smallest absolute Gasteiger partial charge is 0.0203 e. The molecule has 4 unspecified atom stereocenters. The van der Waals surface area contributed by atoms with Crippen LogP contribution in [0.1, 0.15) is 58.3 Å². The van der Waals surface area contributed by atoms with Crippen LogP contribution in [0.3, 0.4) is 0 Å². The molecule has 2 aliphatic rings. The largest absolute Gasteiger partial charge is 0.319 e. The lowest BCUT2D eigenvalue weighted by atomic mass is 10.0. The van der Waals surface area contributed by atoms with E-state index in [2.05, 4.69) is 24.1 Å². The fourth-order valence-corrected chi connectivity index (χ4v) is 3.60. The van der Waals surface area contributed by atoms with Gasteiger partial charge < -0.3 is 5.32 Å². The second-order valence-electron chi connectivity index (χ2n) is 6.43. The van der Waals surface area contributed by atoms with E-state index in [9.17, 15) is 0 Å². The quantitative estimate of drug-likeness (QED) is 0.761. The van der Waals surface area contributed by atoms with Gasteiger partial charge in [-0.25, -0.2) is 0 Å². The molecule has 0 aliphatic heterocycles. The molecular weight excluding hydrogens is 242 g/mol. The molecule has 2 rings (SSSR count). The Balaban J connectivity index is 0.000000200. The van der Waals surface area contributed by atoms with Gasteiger partial charge in [0.25, 0.3) is 0 Å². The summed E-state index contributed by atoms with van der Waals surface area (Å²) in [4.78, 5) is 0. The van der Waals surface area contributed by atoms with Crippen LogP contribution in [0.25, 0.3) is 0 Å². The maximum atomic E-state index is 5.34. The van der Waals surface area contributed by atoms with Gasteiger partial charge in [0, 0.05) is 11.8 Å². The third-order valence-electron chi connectivity index (χ3n) is 4.74. The Labute approximate surface area is 126 Å². The highest BCUT2D eigenvalue weighted by molar-refractivity contribution is 4.98. The van der Waals surface area contributed by atoms with Crippen molar-refractivity contribution >= 4 is 0 Å². The Morgan fingerprint density at radius 3 is 1.95 bits per heavy atom. The lowest BCUT2D eigenvalue weighted by Crippen LogP contribution is -2.16. The summed E-state index contributed by atoms with van der Waals surface area (Å²) in [7, 11) is 2.00. The van der Waals surface area contributed by atoms with E-state index in [1.165, 1.54) is 51.4 Å². The van der Waals surface area contributed by atoms with Crippen LogP contribution >= 0.6 is 0 Å². The van der Waals surface area contributed by atoms with Crippen molar-refractivity contribution in [2.24, 2.45) is 23.7 Å². The van der Waals surface area contributed by atoms with E-state index < -0.39 is 0 Å². The zero-order valence-electron chi connectivity index (χ0n) is 13.3. The molecule has 0 bridgehead atoms. The first-order chi connectivity index (χ1) is 9.73. The predicted octanol–water partition coefficient (Wildman–Crippen LogP) is 4.09. The number of rotatable bonds is 4. The fourth-order valence-electron chi connectivity index (χ4n) is 3.60. The number of hydrogen-bond acceptors (Lipinski definition) is 1. The molecule has 0 aromatic heterocycles. The fraction of sp³-hybridized carbons (Fsp3) is 0.789. The summed E-state index contributed by atoms with van der Waals surface area (Å²) in [6.45, 7) is 3.39. The summed E-state index contributed by atoms with van der Waals surface area (Å²) < 4.78 is 0. The van der Waals surface area contributed by atoms with Gasteiger partial charge in [0.05, 0.1) is 0 Å². The molecule has 1 N–H and O–H groups in total. The van der Waals surface area contributed by atoms with Gasteiger partial charge in [-0.1, -0.05) is 19.8 Å². The second-order valence-corrected chi connectivity index (χ2v) is 6.43. The van der Waals surface area contributed by atoms with Gasteiger partial charge in [-0.3, -0.25) is 0 Å². The standard InChI is InChI=1S/C10H16.C9H15N/c1-3-5-10-7-6-9(4-2)8-10;1-3-8-4-5-9(6-8)7-10-2/h2,9-10H,3,5-8H2,1H3;1,8-10H,4-7H2,2H3. The molecule has 2 saturated carbocycles. The van der Waals surface area contributed by atoms with Crippen molar-refractivity contribution in [3.8, 4) is 24.7 Å². The highest BCUT2D eigenvalue weighted by Gasteiger charge is 2.22. The third-order valence-corrected chi connectivity index (χ3v) is 4.74. The minimum atomic E-state index is 0.568. The monoisotopic (exact) mass is 273 g/mol. The van der Waals surface area contributed by atoms with Crippen molar-refractivity contribution in [2.45, 2.75) is 58.3 Å². The molecule has 20 heavy (non-hydrogen) atoms. The van der Waals surface area contributed by atoms with Crippen LogP contribution < -0.4 is 5.32 Å². The van der Waals surface area contributed by atoms with Gasteiger partial charge in [-0.2, -0.15) is 0 Å². The van der Waals surface area contributed by atoms with Crippen molar-refractivity contribution in [1.29, 1.82) is 0 Å². The van der Waals surface area contributed by atoms with E-state index in [0.29, 0.717) is 11.8 Å². The molecule has 0 spiro atoms. The Kier molecular flexibility index (Phi) is 8.48. The maximum absolute atomic E-state index is 5.34. The average Bonchev–Trinajstić information content (AvgIpc) is 3.09. The van der Waals surface area contributed by atoms with Crippen LogP contribution in [0.4, 0.5) is 0 Å². The van der Waals surface area contributed by atoms with E-state index in [4.69, 9.17) is 12.8 Å². The topological polar surface area (TPSA) is 12.0 Å². The SMILES string of the molecule is C#CC1CCC(CCC)C1.C#CC1CCC(CNC)C1. The Hall–Kier alpha value is -0.920. The van der Waals surface area contributed by atoms with Crippen molar-refractivity contribution in [1.82, 2.24) is 5.32 Å². The van der Waals surface area contributed by atoms with Gasteiger partial charge >= 0.3 is 0 Å². The van der Waals surface area contributed by atoms with Gasteiger partial charge in [0.15, 0.2) is 0 Å². The number of terminal acetylenes is 2. The third kappa shape index (κ3) is 6.02. The van der Waals surface area contributed by atoms with Crippen LogP contribution in [-0.4, -0.2) is 13.6 Å². The molecule has 0 aromatic carbocycles. The first kappa shape index (κ1) is 17.1. The molecule has 0 aromatic rings. The zero-order chi connectivity index (χ0) is 14.8. The molecule has 112 valence electrons. The van der Waals surface area contributed by atoms with E-state index >= 15 is 0 Å². The zero-order valence-corrected chi connectivity index (χ0v) is 13.3. The normalized spacial score (nSPS) is 32.0. The molecule has 2 fully saturated rings. The number of nitrogens with one attached hydrogen (secondary N) is 1. The van der Waals surface area contributed by atoms with E-state index in [0.717, 1.165) is 18.4 Å². The van der Waals surface area contributed by atoms with Crippen LogP contribution in [0.15, 0.2) is 0 Å². The lowest BCUT2D eigenvalue weighted by molar-refractivity contribution is 0.487. The molecule has 0 radical (unpaired) electrons. The van der Waals surface area contributed by atoms with Crippen molar-refractivity contribution in [2.75, 3.05) is 13.6 Å². The summed E-state index contributed by atoms with van der Waals surface area (Å²) in [5.41, 5.74) is 0. The molecule has 2 aliphatic carbocycles. The van der Waals surface area contributed by atoms with Crippen molar-refractivity contribution < 1.29 is 0 Å². The molecule has 0 heterocycles. The van der Waals surface area contributed by atoms with Crippen LogP contribution in [0.5, 0.6) is 0 Å². The Bertz CT molecular complexity index is 299. The molecule has 0 saturated heterocycles. The van der Waals surface area contributed by atoms with E-state index in [1.807, 2.05) is 7.05 Å². The minimum absolute atomic E-state index is 0.568. The van der Waals surface area contributed by atoms with Crippen LogP contribution in [0.2, 0.25) is 0 Å². The average molecular weight is 273 g/mol. The minimum Gasteiger partial charge on any atom is -0.319 e. The molecule has 1 heteroatoms. The molecule has 0 amide bonds. The van der Waals surface area contributed by atoms with Gasteiger partial charge in [-0.05, 0) is 64.0 Å². The van der Waals surface area contributed by atoms with Gasteiger partial charge in [0.2, 0.25) is 0 Å². The van der Waals surface area contributed by atoms with Crippen molar-refractivity contribution in [3.05, 3.63) is 0 Å². The summed E-state index contributed by atoms with van der Waals surface area (Å²) >= 11 is 0. The first-order valence-corrected chi connectivity index (χ1v) is 8.30. The van der Waals surface area contributed by atoms with Gasteiger partial charge in [-0.15, -0.1) is 24.7 Å². The molecular formula is C19H31N. The summed E-state index contributed by atoms with van der Waals surface area (Å²) in [5.74, 6) is 8.64. The van der Waals surface area contributed by atoms with Crippen LogP contribution in [-0.2, 0) is 0 Å². The number of hydrogen-bond donors (Lipinski definition) is 1. The summed E-state index contributed by atoms with van der Waals surface area (Å²) in [5, 5.41) is 3.19. The predicted molar refractivity (Wildman–Crippen MR) is 88.2 cm³/mol. The summed E-state index contributed by atoms with van der Waals surface area (Å²) in [6, 6.07) is 0. The Morgan fingerprint density at radius 2 is 1.50 bits per heavy atom. The highest BCUT2D eigenvalue weighted by atomic mass is 14.8. The summed E-state index contributed by atoms with van der Waals surface area (Å²) in [6.07, 6.45) is 21.1. The van der Waals surface area contributed by atoms with E-state index in [-0.39, 0.29) is 0 Å². The van der Waals surface area contributed by atoms with Crippen molar-refractivity contribution in [3.63, 3.8) is 0 Å².